The minimum Gasteiger partial charge on any atom is -0.480 e. The molecule has 0 aliphatic carbocycles. The maximum Gasteiger partial charge on any atom is 0.265 e. The zero-order valence-electron chi connectivity index (χ0n) is 24.1. The summed E-state index contributed by atoms with van der Waals surface area (Å²) >= 11 is 0. The molecule has 2 aromatic carbocycles. The van der Waals surface area contributed by atoms with Crippen molar-refractivity contribution in [2.75, 3.05) is 16.9 Å². The monoisotopic (exact) mass is 507 g/mol. The van der Waals surface area contributed by atoms with Crippen LogP contribution in [0.3, 0.4) is 0 Å². The maximum absolute atomic E-state index is 13.2. The zero-order chi connectivity index (χ0) is 27.6. The van der Waals surface area contributed by atoms with E-state index in [2.05, 4.69) is 64.4 Å². The summed E-state index contributed by atoms with van der Waals surface area (Å²) in [6.07, 6.45) is 1.94. The molecule has 2 amide bonds. The van der Waals surface area contributed by atoms with Crippen LogP contribution in [-0.4, -0.2) is 24.5 Å². The van der Waals surface area contributed by atoms with Crippen molar-refractivity contribution in [3.63, 3.8) is 0 Å². The fourth-order valence-corrected chi connectivity index (χ4v) is 4.34. The van der Waals surface area contributed by atoms with Gasteiger partial charge in [0.15, 0.2) is 6.10 Å². The summed E-state index contributed by atoms with van der Waals surface area (Å²) < 4.78 is 6.39. The number of nitrogens with one attached hydrogen (secondary N) is 2. The lowest BCUT2D eigenvalue weighted by Crippen LogP contribution is -2.34. The molecule has 202 valence electrons. The summed E-state index contributed by atoms with van der Waals surface area (Å²) in [5.74, 6) is 0.598. The van der Waals surface area contributed by atoms with Crippen molar-refractivity contribution in [3.05, 3.63) is 53.6 Å². The van der Waals surface area contributed by atoms with E-state index < -0.39 is 11.5 Å². The van der Waals surface area contributed by atoms with Gasteiger partial charge in [0.25, 0.3) is 5.91 Å². The predicted octanol–water partition coefficient (Wildman–Crippen LogP) is 6.74. The van der Waals surface area contributed by atoms with Gasteiger partial charge in [0.05, 0.1) is 17.6 Å². The number of nitrogens with zero attached hydrogens (tertiary/aromatic N) is 1. The Bertz CT molecular complexity index is 1120. The van der Waals surface area contributed by atoms with Crippen LogP contribution in [0, 0.1) is 5.41 Å². The summed E-state index contributed by atoms with van der Waals surface area (Å²) in [6.45, 7) is 19.8. The molecule has 3 rings (SSSR count). The molecular weight excluding hydrogens is 462 g/mol. The Hall–Kier alpha value is -3.02. The molecule has 0 aromatic heterocycles. The molecule has 1 fully saturated rings. The number of hydrogen-bond donors (Lipinski definition) is 2. The third-order valence-corrected chi connectivity index (χ3v) is 8.04. The van der Waals surface area contributed by atoms with Gasteiger partial charge in [-0.05, 0) is 79.8 Å². The molecule has 6 nitrogen and oxygen atoms in total. The van der Waals surface area contributed by atoms with Gasteiger partial charge in [0, 0.05) is 11.3 Å². The molecule has 1 saturated heterocycles. The first kappa shape index (κ1) is 28.5. The van der Waals surface area contributed by atoms with Crippen LogP contribution in [0.5, 0.6) is 5.75 Å². The highest BCUT2D eigenvalue weighted by Crippen LogP contribution is 2.39. The summed E-state index contributed by atoms with van der Waals surface area (Å²) in [5.41, 5.74) is 6.44. The number of hydrogen-bond acceptors (Lipinski definition) is 4. The van der Waals surface area contributed by atoms with E-state index in [0.717, 1.165) is 29.8 Å². The molecule has 37 heavy (non-hydrogen) atoms. The first-order valence-corrected chi connectivity index (χ1v) is 13.5. The Morgan fingerprint density at radius 1 is 1.03 bits per heavy atom. The third-order valence-electron chi connectivity index (χ3n) is 8.04. The molecule has 1 atom stereocenters. The van der Waals surface area contributed by atoms with Gasteiger partial charge in [-0.25, -0.2) is 0 Å². The highest BCUT2D eigenvalue weighted by Gasteiger charge is 2.38. The van der Waals surface area contributed by atoms with E-state index in [0.29, 0.717) is 18.7 Å². The number of anilines is 2. The van der Waals surface area contributed by atoms with Crippen molar-refractivity contribution >= 4 is 23.2 Å². The first-order valence-electron chi connectivity index (χ1n) is 13.5. The van der Waals surface area contributed by atoms with Gasteiger partial charge in [-0.3, -0.25) is 20.0 Å². The summed E-state index contributed by atoms with van der Waals surface area (Å²) in [6, 6.07) is 13.9. The Morgan fingerprint density at radius 3 is 2.16 bits per heavy atom. The van der Waals surface area contributed by atoms with Crippen molar-refractivity contribution in [2.24, 2.45) is 5.41 Å². The molecule has 2 N–H and O–H groups in total. The van der Waals surface area contributed by atoms with E-state index >= 15 is 0 Å². The Labute approximate surface area is 223 Å². The van der Waals surface area contributed by atoms with Gasteiger partial charge in [0.1, 0.15) is 5.75 Å². The highest BCUT2D eigenvalue weighted by atomic mass is 16.5. The number of ether oxygens (including phenoxy) is 1. The highest BCUT2D eigenvalue weighted by molar-refractivity contribution is 5.94. The lowest BCUT2D eigenvalue weighted by molar-refractivity contribution is -0.125. The van der Waals surface area contributed by atoms with Crippen LogP contribution in [0.25, 0.3) is 0 Å². The maximum atomic E-state index is 13.2. The SMILES string of the molecule is CCC(Oc1ccc(C(C)(C)CC)cc1C(C)(C)CC)C(=O)Nc1ccc(N2CC(C)(C)C(=O)N2)cc1. The minimum absolute atomic E-state index is 0.00438. The minimum atomic E-state index is -0.616. The van der Waals surface area contributed by atoms with Gasteiger partial charge < -0.3 is 10.1 Å². The van der Waals surface area contributed by atoms with Gasteiger partial charge in [0.2, 0.25) is 5.91 Å². The van der Waals surface area contributed by atoms with E-state index in [-0.39, 0.29) is 22.6 Å². The lowest BCUT2D eigenvalue weighted by atomic mass is 9.76. The predicted molar refractivity (Wildman–Crippen MR) is 152 cm³/mol. The van der Waals surface area contributed by atoms with Gasteiger partial charge >= 0.3 is 0 Å². The molecule has 2 aromatic rings. The summed E-state index contributed by atoms with van der Waals surface area (Å²) in [4.78, 5) is 25.3. The molecule has 1 heterocycles. The van der Waals surface area contributed by atoms with Crippen LogP contribution in [-0.2, 0) is 20.4 Å². The Kier molecular flexibility index (Phi) is 8.31. The average Bonchev–Trinajstić information content (AvgIpc) is 3.14. The number of benzene rings is 2. The number of carbonyl (C=O) groups is 2. The van der Waals surface area contributed by atoms with Crippen molar-refractivity contribution < 1.29 is 14.3 Å². The van der Waals surface area contributed by atoms with E-state index in [1.807, 2.05) is 56.1 Å². The van der Waals surface area contributed by atoms with Gasteiger partial charge in [-0.15, -0.1) is 0 Å². The van der Waals surface area contributed by atoms with E-state index in [1.165, 1.54) is 5.56 Å². The fourth-order valence-electron chi connectivity index (χ4n) is 4.34. The Morgan fingerprint density at radius 2 is 1.65 bits per heavy atom. The van der Waals surface area contributed by atoms with Gasteiger partial charge in [-0.1, -0.05) is 60.6 Å². The first-order chi connectivity index (χ1) is 17.2. The second-order valence-electron chi connectivity index (χ2n) is 12.1. The van der Waals surface area contributed by atoms with Crippen LogP contribution in [0.1, 0.15) is 92.7 Å². The van der Waals surface area contributed by atoms with Crippen molar-refractivity contribution in [3.8, 4) is 5.75 Å². The molecule has 0 saturated carbocycles. The van der Waals surface area contributed by atoms with Crippen molar-refractivity contribution in [1.82, 2.24) is 5.43 Å². The molecule has 0 radical (unpaired) electrons. The van der Waals surface area contributed by atoms with Crippen LogP contribution in [0.4, 0.5) is 11.4 Å². The fraction of sp³-hybridized carbons (Fsp3) is 0.548. The number of amides is 2. The van der Waals surface area contributed by atoms with E-state index in [1.54, 1.807) is 0 Å². The second-order valence-corrected chi connectivity index (χ2v) is 12.1. The zero-order valence-corrected chi connectivity index (χ0v) is 24.1. The van der Waals surface area contributed by atoms with Crippen LogP contribution in [0.15, 0.2) is 42.5 Å². The smallest absolute Gasteiger partial charge is 0.265 e. The molecule has 1 unspecified atom stereocenters. The number of rotatable bonds is 10. The molecule has 6 heteroatoms. The number of carbonyl (C=O) groups excluding carboxylic acids is 2. The average molecular weight is 508 g/mol. The number of hydrazine groups is 1. The van der Waals surface area contributed by atoms with Crippen LogP contribution >= 0.6 is 0 Å². The second kappa shape index (κ2) is 10.8. The topological polar surface area (TPSA) is 70.7 Å². The summed E-state index contributed by atoms with van der Waals surface area (Å²) in [5, 5.41) is 4.84. The van der Waals surface area contributed by atoms with Gasteiger partial charge in [-0.2, -0.15) is 0 Å². The van der Waals surface area contributed by atoms with Crippen molar-refractivity contribution in [2.45, 2.75) is 98.5 Å². The van der Waals surface area contributed by atoms with E-state index in [4.69, 9.17) is 4.74 Å². The normalized spacial score (nSPS) is 16.4. The van der Waals surface area contributed by atoms with Crippen LogP contribution < -0.4 is 20.5 Å². The molecule has 0 bridgehead atoms. The standard InChI is InChI=1S/C31H45N3O3/c1-10-25(37-26-18-13-21(29(4,5)11-2)19-24(26)30(6,7)12-3)27(35)32-22-14-16-23(17-15-22)34-20-31(8,9)28(36)33-34/h13-19,25H,10-12,20H2,1-9H3,(H,32,35)(H,33,36). The van der Waals surface area contributed by atoms with E-state index in [9.17, 15) is 9.59 Å². The molecule has 0 spiro atoms. The molecule has 1 aliphatic heterocycles. The third kappa shape index (κ3) is 6.28. The van der Waals surface area contributed by atoms with Crippen molar-refractivity contribution in [1.29, 1.82) is 0 Å². The molecule has 1 aliphatic rings. The van der Waals surface area contributed by atoms with Crippen LogP contribution in [0.2, 0.25) is 0 Å². The Balaban J connectivity index is 1.77. The quantitative estimate of drug-likeness (QED) is 0.374. The molecular formula is C31H45N3O3. The lowest BCUT2D eigenvalue weighted by Gasteiger charge is -2.31. The largest absolute Gasteiger partial charge is 0.480 e. The summed E-state index contributed by atoms with van der Waals surface area (Å²) in [7, 11) is 0.